The standard InChI is InChI=1S/C19H19F3N2O2/c1-13(25)24(11-9-14-5-7-15(20)8-6-14)12-10-18(26)23-19-16(21)3-2-4-17(19)22/h2-8H,9-12H2,1H3,(H,23,26). The lowest BCUT2D eigenvalue weighted by Gasteiger charge is -2.21. The van der Waals surface area contributed by atoms with Gasteiger partial charge in [-0.25, -0.2) is 13.2 Å². The molecule has 7 heteroatoms. The van der Waals surface area contributed by atoms with E-state index in [2.05, 4.69) is 5.32 Å². The monoisotopic (exact) mass is 364 g/mol. The predicted molar refractivity (Wildman–Crippen MR) is 92.0 cm³/mol. The number of anilines is 1. The van der Waals surface area contributed by atoms with E-state index in [4.69, 9.17) is 0 Å². The second kappa shape index (κ2) is 9.03. The van der Waals surface area contributed by atoms with Gasteiger partial charge in [-0.1, -0.05) is 18.2 Å². The van der Waals surface area contributed by atoms with Crippen molar-refractivity contribution in [1.82, 2.24) is 4.90 Å². The molecule has 0 atom stereocenters. The average molecular weight is 364 g/mol. The first-order chi connectivity index (χ1) is 12.4. The maximum absolute atomic E-state index is 13.5. The van der Waals surface area contributed by atoms with Crippen LogP contribution in [0.1, 0.15) is 18.9 Å². The van der Waals surface area contributed by atoms with Crippen molar-refractivity contribution in [3.05, 3.63) is 65.5 Å². The summed E-state index contributed by atoms with van der Waals surface area (Å²) < 4.78 is 40.0. The van der Waals surface area contributed by atoms with E-state index >= 15 is 0 Å². The van der Waals surface area contributed by atoms with Gasteiger partial charge in [-0.05, 0) is 36.2 Å². The van der Waals surface area contributed by atoms with Crippen LogP contribution in [-0.4, -0.2) is 29.8 Å². The van der Waals surface area contributed by atoms with Gasteiger partial charge in [0.2, 0.25) is 11.8 Å². The Kier molecular flexibility index (Phi) is 6.77. The fraction of sp³-hybridized carbons (Fsp3) is 0.263. The molecule has 0 aromatic heterocycles. The molecule has 0 radical (unpaired) electrons. The van der Waals surface area contributed by atoms with Crippen LogP contribution < -0.4 is 5.32 Å². The van der Waals surface area contributed by atoms with Gasteiger partial charge in [0, 0.05) is 26.4 Å². The van der Waals surface area contributed by atoms with Crippen LogP contribution >= 0.6 is 0 Å². The Bertz CT molecular complexity index is 759. The van der Waals surface area contributed by atoms with E-state index in [9.17, 15) is 22.8 Å². The minimum absolute atomic E-state index is 0.100. The Morgan fingerprint density at radius 1 is 0.962 bits per heavy atom. The molecule has 2 aromatic carbocycles. The van der Waals surface area contributed by atoms with Crippen molar-refractivity contribution < 1.29 is 22.8 Å². The third-order valence-corrected chi connectivity index (χ3v) is 3.86. The van der Waals surface area contributed by atoms with E-state index in [0.717, 1.165) is 17.7 Å². The number of amides is 2. The summed E-state index contributed by atoms with van der Waals surface area (Å²) in [4.78, 5) is 25.1. The highest BCUT2D eigenvalue weighted by molar-refractivity contribution is 5.91. The zero-order valence-electron chi connectivity index (χ0n) is 14.3. The smallest absolute Gasteiger partial charge is 0.226 e. The van der Waals surface area contributed by atoms with Gasteiger partial charge >= 0.3 is 0 Å². The Hall–Kier alpha value is -2.83. The molecular weight excluding hydrogens is 345 g/mol. The summed E-state index contributed by atoms with van der Waals surface area (Å²) in [5.41, 5.74) is 0.355. The number of carbonyl (C=O) groups excluding carboxylic acids is 2. The molecule has 4 nitrogen and oxygen atoms in total. The number of para-hydroxylation sites is 1. The molecule has 0 bridgehead atoms. The molecule has 0 heterocycles. The van der Waals surface area contributed by atoms with Gasteiger partial charge in [0.25, 0.3) is 0 Å². The summed E-state index contributed by atoms with van der Waals surface area (Å²) in [5, 5.41) is 2.18. The maximum Gasteiger partial charge on any atom is 0.226 e. The largest absolute Gasteiger partial charge is 0.342 e. The van der Waals surface area contributed by atoms with Gasteiger partial charge in [0.15, 0.2) is 0 Å². The molecule has 2 aromatic rings. The summed E-state index contributed by atoms with van der Waals surface area (Å²) in [5.74, 6) is -2.88. The fourth-order valence-corrected chi connectivity index (χ4v) is 2.40. The van der Waals surface area contributed by atoms with Gasteiger partial charge in [-0.2, -0.15) is 0 Å². The Labute approximate surface area is 149 Å². The molecular formula is C19H19F3N2O2. The molecule has 0 spiro atoms. The first kappa shape index (κ1) is 19.5. The minimum atomic E-state index is -0.863. The van der Waals surface area contributed by atoms with Crippen molar-refractivity contribution in [1.29, 1.82) is 0 Å². The molecule has 0 saturated heterocycles. The van der Waals surface area contributed by atoms with Crippen molar-refractivity contribution in [2.45, 2.75) is 19.8 Å². The number of carbonyl (C=O) groups is 2. The summed E-state index contributed by atoms with van der Waals surface area (Å²) in [6, 6.07) is 9.22. The van der Waals surface area contributed by atoms with Crippen molar-refractivity contribution in [3.63, 3.8) is 0 Å². The SMILES string of the molecule is CC(=O)N(CCC(=O)Nc1c(F)cccc1F)CCc1ccc(F)cc1. The number of nitrogens with one attached hydrogen (secondary N) is 1. The van der Waals surface area contributed by atoms with Crippen LogP contribution in [0.3, 0.4) is 0 Å². The average Bonchev–Trinajstić information content (AvgIpc) is 2.59. The van der Waals surface area contributed by atoms with E-state index in [1.807, 2.05) is 0 Å². The van der Waals surface area contributed by atoms with Crippen LogP contribution in [0.5, 0.6) is 0 Å². The topological polar surface area (TPSA) is 49.4 Å². The number of halogens is 3. The number of benzene rings is 2. The van der Waals surface area contributed by atoms with Crippen LogP contribution in [0, 0.1) is 17.5 Å². The summed E-state index contributed by atoms with van der Waals surface area (Å²) in [7, 11) is 0. The maximum atomic E-state index is 13.5. The third kappa shape index (κ3) is 5.61. The first-order valence-corrected chi connectivity index (χ1v) is 8.10. The summed E-state index contributed by atoms with van der Waals surface area (Å²) in [6.45, 7) is 1.83. The van der Waals surface area contributed by atoms with Crippen molar-refractivity contribution >= 4 is 17.5 Å². The molecule has 0 aliphatic carbocycles. The second-order valence-electron chi connectivity index (χ2n) is 5.78. The quantitative estimate of drug-likeness (QED) is 0.817. The molecule has 0 unspecified atom stereocenters. The molecule has 2 rings (SSSR count). The van der Waals surface area contributed by atoms with Gasteiger partial charge in [0.05, 0.1) is 0 Å². The first-order valence-electron chi connectivity index (χ1n) is 8.10. The van der Waals surface area contributed by atoms with Gasteiger partial charge in [0.1, 0.15) is 23.1 Å². The summed E-state index contributed by atoms with van der Waals surface area (Å²) in [6.07, 6.45) is 0.403. The Morgan fingerprint density at radius 3 is 2.15 bits per heavy atom. The Balaban J connectivity index is 1.88. The molecule has 138 valence electrons. The van der Waals surface area contributed by atoms with Crippen LogP contribution in [0.2, 0.25) is 0 Å². The van der Waals surface area contributed by atoms with Crippen LogP contribution in [0.4, 0.5) is 18.9 Å². The third-order valence-electron chi connectivity index (χ3n) is 3.86. The lowest BCUT2D eigenvalue weighted by atomic mass is 10.1. The molecule has 0 aliphatic rings. The number of rotatable bonds is 7. The normalized spacial score (nSPS) is 10.5. The molecule has 0 fully saturated rings. The van der Waals surface area contributed by atoms with E-state index in [-0.39, 0.29) is 24.7 Å². The minimum Gasteiger partial charge on any atom is -0.342 e. The van der Waals surface area contributed by atoms with Crippen LogP contribution in [0.25, 0.3) is 0 Å². The zero-order valence-corrected chi connectivity index (χ0v) is 14.3. The number of hydrogen-bond acceptors (Lipinski definition) is 2. The highest BCUT2D eigenvalue weighted by Gasteiger charge is 2.15. The second-order valence-corrected chi connectivity index (χ2v) is 5.78. The fourth-order valence-electron chi connectivity index (χ4n) is 2.40. The lowest BCUT2D eigenvalue weighted by Crippen LogP contribution is -2.33. The van der Waals surface area contributed by atoms with E-state index in [0.29, 0.717) is 13.0 Å². The van der Waals surface area contributed by atoms with E-state index in [1.165, 1.54) is 30.0 Å². The molecule has 0 saturated carbocycles. The van der Waals surface area contributed by atoms with Crippen LogP contribution in [0.15, 0.2) is 42.5 Å². The zero-order chi connectivity index (χ0) is 19.1. The molecule has 26 heavy (non-hydrogen) atoms. The van der Waals surface area contributed by atoms with Crippen molar-refractivity contribution in [2.75, 3.05) is 18.4 Å². The molecule has 2 amide bonds. The predicted octanol–water partition coefficient (Wildman–Crippen LogP) is 3.52. The number of nitrogens with zero attached hydrogens (tertiary/aromatic N) is 1. The van der Waals surface area contributed by atoms with Gasteiger partial charge in [-0.3, -0.25) is 9.59 Å². The Morgan fingerprint density at radius 2 is 1.58 bits per heavy atom. The highest BCUT2D eigenvalue weighted by atomic mass is 19.1. The van der Waals surface area contributed by atoms with E-state index < -0.39 is 23.2 Å². The van der Waals surface area contributed by atoms with Crippen LogP contribution in [-0.2, 0) is 16.0 Å². The van der Waals surface area contributed by atoms with Crippen molar-refractivity contribution in [3.8, 4) is 0 Å². The molecule has 0 aliphatic heterocycles. The van der Waals surface area contributed by atoms with Gasteiger partial charge in [-0.15, -0.1) is 0 Å². The lowest BCUT2D eigenvalue weighted by molar-refractivity contribution is -0.129. The highest BCUT2D eigenvalue weighted by Crippen LogP contribution is 2.18. The number of hydrogen-bond donors (Lipinski definition) is 1. The molecule has 1 N–H and O–H groups in total. The van der Waals surface area contributed by atoms with Crippen molar-refractivity contribution in [2.24, 2.45) is 0 Å². The van der Waals surface area contributed by atoms with E-state index in [1.54, 1.807) is 12.1 Å². The van der Waals surface area contributed by atoms with Gasteiger partial charge < -0.3 is 10.2 Å². The summed E-state index contributed by atoms with van der Waals surface area (Å²) >= 11 is 0.